The standard InChI is InChI=1S/C12H9N3O6S/c16-12(17)10-5-2-6-13-11(10)14-22(20,21)9-4-1-3-8(7-9)15(18)19/h1-7H,(H,13,14)(H,16,17). The summed E-state index contributed by atoms with van der Waals surface area (Å²) in [6.45, 7) is 0. The SMILES string of the molecule is O=C(O)c1cccnc1NS(=O)(=O)c1cccc([N+](=O)[O-])c1. The molecule has 2 rings (SSSR count). The van der Waals surface area contributed by atoms with E-state index in [2.05, 4.69) is 4.98 Å². The maximum atomic E-state index is 12.2. The molecular formula is C12H9N3O6S. The molecule has 0 spiro atoms. The Labute approximate surface area is 124 Å². The van der Waals surface area contributed by atoms with E-state index in [-0.39, 0.29) is 16.3 Å². The van der Waals surface area contributed by atoms with E-state index in [1.807, 2.05) is 4.72 Å². The number of pyridine rings is 1. The molecule has 0 fully saturated rings. The third-order valence-electron chi connectivity index (χ3n) is 2.61. The van der Waals surface area contributed by atoms with Crippen molar-refractivity contribution in [3.63, 3.8) is 0 Å². The Balaban J connectivity index is 2.43. The van der Waals surface area contributed by atoms with Gasteiger partial charge in [-0.2, -0.15) is 0 Å². The van der Waals surface area contributed by atoms with Gasteiger partial charge in [0, 0.05) is 18.3 Å². The molecule has 0 unspecified atom stereocenters. The van der Waals surface area contributed by atoms with E-state index in [4.69, 9.17) is 5.11 Å². The van der Waals surface area contributed by atoms with E-state index >= 15 is 0 Å². The van der Waals surface area contributed by atoms with Crippen molar-refractivity contribution in [2.45, 2.75) is 4.90 Å². The van der Waals surface area contributed by atoms with Crippen LogP contribution in [0.2, 0.25) is 0 Å². The van der Waals surface area contributed by atoms with Gasteiger partial charge in [0.2, 0.25) is 0 Å². The van der Waals surface area contributed by atoms with Crippen molar-refractivity contribution in [3.8, 4) is 0 Å². The van der Waals surface area contributed by atoms with Crippen LogP contribution in [0.4, 0.5) is 11.5 Å². The third-order valence-corrected chi connectivity index (χ3v) is 3.94. The van der Waals surface area contributed by atoms with Crippen molar-refractivity contribution >= 4 is 27.5 Å². The minimum atomic E-state index is -4.21. The summed E-state index contributed by atoms with van der Waals surface area (Å²) in [6.07, 6.45) is 1.22. The number of anilines is 1. The zero-order chi connectivity index (χ0) is 16.3. The third kappa shape index (κ3) is 3.17. The van der Waals surface area contributed by atoms with Crippen LogP contribution in [0.3, 0.4) is 0 Å². The fraction of sp³-hybridized carbons (Fsp3) is 0. The van der Waals surface area contributed by atoms with Crippen LogP contribution in [0.1, 0.15) is 10.4 Å². The lowest BCUT2D eigenvalue weighted by atomic mass is 10.3. The average molecular weight is 323 g/mol. The second kappa shape index (κ2) is 5.77. The quantitative estimate of drug-likeness (QED) is 0.627. The molecule has 10 heteroatoms. The average Bonchev–Trinajstić information content (AvgIpc) is 2.47. The first-order valence-electron chi connectivity index (χ1n) is 5.77. The van der Waals surface area contributed by atoms with Crippen LogP contribution in [0.25, 0.3) is 0 Å². The van der Waals surface area contributed by atoms with Crippen molar-refractivity contribution in [3.05, 3.63) is 58.3 Å². The van der Waals surface area contributed by atoms with Crippen LogP contribution in [-0.4, -0.2) is 29.4 Å². The largest absolute Gasteiger partial charge is 0.478 e. The van der Waals surface area contributed by atoms with E-state index < -0.39 is 26.6 Å². The van der Waals surface area contributed by atoms with Gasteiger partial charge in [-0.05, 0) is 18.2 Å². The van der Waals surface area contributed by atoms with E-state index in [0.717, 1.165) is 18.2 Å². The van der Waals surface area contributed by atoms with Crippen molar-refractivity contribution in [2.24, 2.45) is 0 Å². The first-order chi connectivity index (χ1) is 10.3. The molecule has 2 aromatic rings. The highest BCUT2D eigenvalue weighted by molar-refractivity contribution is 7.92. The summed E-state index contributed by atoms with van der Waals surface area (Å²) in [6, 6.07) is 6.89. The fourth-order valence-corrected chi connectivity index (χ4v) is 2.68. The highest BCUT2D eigenvalue weighted by Crippen LogP contribution is 2.21. The monoisotopic (exact) mass is 323 g/mol. The Hall–Kier alpha value is -3.01. The molecule has 0 amide bonds. The lowest BCUT2D eigenvalue weighted by molar-refractivity contribution is -0.385. The summed E-state index contributed by atoms with van der Waals surface area (Å²) in [5, 5.41) is 19.7. The molecule has 0 saturated carbocycles. The number of carboxylic acid groups (broad SMARTS) is 1. The number of non-ortho nitro benzene ring substituents is 1. The lowest BCUT2D eigenvalue weighted by Gasteiger charge is -2.09. The fourth-order valence-electron chi connectivity index (χ4n) is 1.61. The van der Waals surface area contributed by atoms with Gasteiger partial charge in [-0.1, -0.05) is 6.07 Å². The van der Waals surface area contributed by atoms with Gasteiger partial charge >= 0.3 is 5.97 Å². The Kier molecular flexibility index (Phi) is 4.04. The van der Waals surface area contributed by atoms with Crippen molar-refractivity contribution in [1.82, 2.24) is 4.98 Å². The topological polar surface area (TPSA) is 140 Å². The van der Waals surface area contributed by atoms with Crippen LogP contribution in [0.15, 0.2) is 47.5 Å². The maximum absolute atomic E-state index is 12.2. The second-order valence-electron chi connectivity index (χ2n) is 4.06. The molecule has 0 atom stereocenters. The molecule has 0 bridgehead atoms. The summed E-state index contributed by atoms with van der Waals surface area (Å²) in [7, 11) is -4.21. The Morgan fingerprint density at radius 1 is 1.27 bits per heavy atom. The van der Waals surface area contributed by atoms with Crippen LogP contribution in [-0.2, 0) is 10.0 Å². The van der Waals surface area contributed by atoms with Gasteiger partial charge in [-0.15, -0.1) is 0 Å². The number of aromatic carboxylic acids is 1. The number of carboxylic acids is 1. The van der Waals surface area contributed by atoms with E-state index in [1.54, 1.807) is 0 Å². The Morgan fingerprint density at radius 3 is 2.64 bits per heavy atom. The van der Waals surface area contributed by atoms with Gasteiger partial charge in [0.25, 0.3) is 15.7 Å². The molecule has 1 aromatic carbocycles. The molecular weight excluding hydrogens is 314 g/mol. The van der Waals surface area contributed by atoms with Gasteiger partial charge in [0.1, 0.15) is 5.56 Å². The van der Waals surface area contributed by atoms with Crippen LogP contribution < -0.4 is 4.72 Å². The highest BCUT2D eigenvalue weighted by atomic mass is 32.2. The Morgan fingerprint density at radius 2 is 2.00 bits per heavy atom. The molecule has 1 aromatic heterocycles. The molecule has 2 N–H and O–H groups in total. The number of aromatic nitrogens is 1. The molecule has 114 valence electrons. The molecule has 0 aliphatic carbocycles. The zero-order valence-corrected chi connectivity index (χ0v) is 11.6. The normalized spacial score (nSPS) is 10.9. The number of benzene rings is 1. The molecule has 22 heavy (non-hydrogen) atoms. The van der Waals surface area contributed by atoms with Crippen molar-refractivity contribution < 1.29 is 23.2 Å². The van der Waals surface area contributed by atoms with Gasteiger partial charge < -0.3 is 5.11 Å². The van der Waals surface area contributed by atoms with Gasteiger partial charge in [0.05, 0.1) is 9.82 Å². The number of nitrogens with zero attached hydrogens (tertiary/aromatic N) is 2. The first-order valence-corrected chi connectivity index (χ1v) is 7.25. The summed E-state index contributed by atoms with van der Waals surface area (Å²) in [5.74, 6) is -1.73. The summed E-state index contributed by atoms with van der Waals surface area (Å²) in [5.41, 5.74) is -0.737. The minimum absolute atomic E-state index is 0.337. The summed E-state index contributed by atoms with van der Waals surface area (Å²) in [4.78, 5) is 24.3. The van der Waals surface area contributed by atoms with E-state index in [9.17, 15) is 23.3 Å². The zero-order valence-electron chi connectivity index (χ0n) is 10.8. The predicted octanol–water partition coefficient (Wildman–Crippen LogP) is 1.49. The molecule has 0 saturated heterocycles. The molecule has 0 aliphatic rings. The van der Waals surface area contributed by atoms with Crippen LogP contribution in [0.5, 0.6) is 0 Å². The summed E-state index contributed by atoms with van der Waals surface area (Å²) < 4.78 is 26.4. The van der Waals surface area contributed by atoms with Crippen molar-refractivity contribution in [1.29, 1.82) is 0 Å². The number of nitro benzene ring substituents is 1. The number of hydrogen-bond acceptors (Lipinski definition) is 6. The first kappa shape index (κ1) is 15.4. The maximum Gasteiger partial charge on any atom is 0.339 e. The number of carbonyl (C=O) groups is 1. The molecule has 1 heterocycles. The number of nitrogens with one attached hydrogen (secondary N) is 1. The Bertz CT molecular complexity index is 849. The predicted molar refractivity (Wildman–Crippen MR) is 75.1 cm³/mol. The number of rotatable bonds is 5. The number of sulfonamides is 1. The minimum Gasteiger partial charge on any atom is -0.478 e. The molecule has 9 nitrogen and oxygen atoms in total. The summed E-state index contributed by atoms with van der Waals surface area (Å²) >= 11 is 0. The van der Waals surface area contributed by atoms with E-state index in [0.29, 0.717) is 0 Å². The molecule has 0 aliphatic heterocycles. The van der Waals surface area contributed by atoms with Crippen LogP contribution in [0, 0.1) is 10.1 Å². The van der Waals surface area contributed by atoms with Crippen LogP contribution >= 0.6 is 0 Å². The van der Waals surface area contributed by atoms with Gasteiger partial charge in [0.15, 0.2) is 5.82 Å². The van der Waals surface area contributed by atoms with Gasteiger partial charge in [-0.25, -0.2) is 18.2 Å². The highest BCUT2D eigenvalue weighted by Gasteiger charge is 2.21. The van der Waals surface area contributed by atoms with E-state index in [1.165, 1.54) is 24.4 Å². The van der Waals surface area contributed by atoms with Crippen molar-refractivity contribution in [2.75, 3.05) is 4.72 Å². The molecule has 0 radical (unpaired) electrons. The lowest BCUT2D eigenvalue weighted by Crippen LogP contribution is -2.16. The number of hydrogen-bond donors (Lipinski definition) is 2. The second-order valence-corrected chi connectivity index (χ2v) is 5.75. The smallest absolute Gasteiger partial charge is 0.339 e. The van der Waals surface area contributed by atoms with Gasteiger partial charge in [-0.3, -0.25) is 14.8 Å². The number of nitro groups is 1.